The molecule has 1 heterocycles. The average molecular weight is 290 g/mol. The third kappa shape index (κ3) is 5.19. The van der Waals surface area contributed by atoms with Crippen molar-refractivity contribution in [2.45, 2.75) is 25.7 Å². The van der Waals surface area contributed by atoms with E-state index in [2.05, 4.69) is 10.6 Å². The van der Waals surface area contributed by atoms with E-state index in [4.69, 9.17) is 5.11 Å². The molecule has 0 aliphatic carbocycles. The summed E-state index contributed by atoms with van der Waals surface area (Å²) in [6.45, 7) is 2.63. The van der Waals surface area contributed by atoms with Crippen LogP contribution in [0.1, 0.15) is 35.2 Å². The summed E-state index contributed by atoms with van der Waals surface area (Å²) in [5.41, 5.74) is 1.21. The molecule has 1 unspecified atom stereocenters. The van der Waals surface area contributed by atoms with Crippen LogP contribution in [0, 0.1) is 5.92 Å². The van der Waals surface area contributed by atoms with Crippen molar-refractivity contribution >= 4 is 11.9 Å². The van der Waals surface area contributed by atoms with Gasteiger partial charge < -0.3 is 15.7 Å². The normalized spacial score (nSPS) is 17.6. The Morgan fingerprint density at radius 2 is 2.24 bits per heavy atom. The summed E-state index contributed by atoms with van der Waals surface area (Å²) < 4.78 is 0. The molecular formula is C16H22N2O3. The molecule has 1 amide bonds. The highest BCUT2D eigenvalue weighted by atomic mass is 16.4. The van der Waals surface area contributed by atoms with Crippen LogP contribution in [0.3, 0.4) is 0 Å². The van der Waals surface area contributed by atoms with Crippen molar-refractivity contribution in [2.24, 2.45) is 5.92 Å². The number of amides is 1. The maximum absolute atomic E-state index is 11.7. The van der Waals surface area contributed by atoms with Crippen LogP contribution in [0.15, 0.2) is 24.3 Å². The Morgan fingerprint density at radius 1 is 1.38 bits per heavy atom. The Hall–Kier alpha value is -1.88. The van der Waals surface area contributed by atoms with E-state index in [9.17, 15) is 9.59 Å². The van der Waals surface area contributed by atoms with Crippen molar-refractivity contribution in [2.75, 3.05) is 19.6 Å². The van der Waals surface area contributed by atoms with E-state index >= 15 is 0 Å². The highest BCUT2D eigenvalue weighted by Crippen LogP contribution is 2.13. The van der Waals surface area contributed by atoms with Gasteiger partial charge in [0.2, 0.25) is 5.91 Å². The maximum Gasteiger partial charge on any atom is 0.335 e. The molecule has 1 aromatic rings. The zero-order valence-corrected chi connectivity index (χ0v) is 12.1. The van der Waals surface area contributed by atoms with Crippen LogP contribution in [0.2, 0.25) is 0 Å². The number of nitrogens with one attached hydrogen (secondary N) is 2. The van der Waals surface area contributed by atoms with Crippen LogP contribution in [0.25, 0.3) is 0 Å². The largest absolute Gasteiger partial charge is 0.478 e. The number of aromatic carboxylic acids is 1. The molecular weight excluding hydrogens is 268 g/mol. The molecule has 1 atom stereocenters. The van der Waals surface area contributed by atoms with Crippen LogP contribution in [-0.2, 0) is 11.2 Å². The monoisotopic (exact) mass is 290 g/mol. The minimum Gasteiger partial charge on any atom is -0.478 e. The van der Waals surface area contributed by atoms with Crippen LogP contribution in [-0.4, -0.2) is 36.6 Å². The van der Waals surface area contributed by atoms with Crippen LogP contribution in [0.4, 0.5) is 0 Å². The first-order valence-electron chi connectivity index (χ1n) is 7.45. The third-order valence-electron chi connectivity index (χ3n) is 3.85. The van der Waals surface area contributed by atoms with Gasteiger partial charge in [-0.25, -0.2) is 4.79 Å². The molecule has 5 heteroatoms. The smallest absolute Gasteiger partial charge is 0.335 e. The van der Waals surface area contributed by atoms with Crippen molar-refractivity contribution in [3.05, 3.63) is 35.4 Å². The molecule has 0 spiro atoms. The molecule has 0 bridgehead atoms. The van der Waals surface area contributed by atoms with E-state index in [0.717, 1.165) is 31.5 Å². The molecule has 0 aromatic heterocycles. The molecule has 0 saturated carbocycles. The Balaban J connectivity index is 1.67. The van der Waals surface area contributed by atoms with E-state index in [1.165, 1.54) is 0 Å². The molecule has 1 aliphatic heterocycles. The van der Waals surface area contributed by atoms with Gasteiger partial charge >= 0.3 is 5.97 Å². The van der Waals surface area contributed by atoms with Gasteiger partial charge in [0.25, 0.3) is 0 Å². The number of hydrogen-bond donors (Lipinski definition) is 3. The van der Waals surface area contributed by atoms with Crippen molar-refractivity contribution in [1.29, 1.82) is 0 Å². The van der Waals surface area contributed by atoms with Gasteiger partial charge in [0.05, 0.1) is 5.56 Å². The summed E-state index contributed by atoms with van der Waals surface area (Å²) in [6.07, 6.45) is 3.32. The van der Waals surface area contributed by atoms with Crippen molar-refractivity contribution in [1.82, 2.24) is 10.6 Å². The van der Waals surface area contributed by atoms with E-state index in [0.29, 0.717) is 25.3 Å². The van der Waals surface area contributed by atoms with Crippen molar-refractivity contribution in [3.63, 3.8) is 0 Å². The quantitative estimate of drug-likeness (QED) is 0.710. The Kier molecular flexibility index (Phi) is 5.75. The van der Waals surface area contributed by atoms with Crippen molar-refractivity contribution in [3.8, 4) is 0 Å². The second-order valence-electron chi connectivity index (χ2n) is 5.50. The number of carboxylic acid groups (broad SMARTS) is 1. The molecule has 1 saturated heterocycles. The Morgan fingerprint density at radius 3 is 2.95 bits per heavy atom. The van der Waals surface area contributed by atoms with Gasteiger partial charge in [0.1, 0.15) is 0 Å². The summed E-state index contributed by atoms with van der Waals surface area (Å²) in [5, 5.41) is 15.1. The van der Waals surface area contributed by atoms with Crippen molar-refractivity contribution < 1.29 is 14.7 Å². The van der Waals surface area contributed by atoms with Crippen LogP contribution >= 0.6 is 0 Å². The average Bonchev–Trinajstić information content (AvgIpc) is 2.99. The summed E-state index contributed by atoms with van der Waals surface area (Å²) in [7, 11) is 0. The maximum atomic E-state index is 11.7. The Labute approximate surface area is 124 Å². The topological polar surface area (TPSA) is 78.4 Å². The molecule has 1 aromatic carbocycles. The number of carbonyl (C=O) groups is 2. The lowest BCUT2D eigenvalue weighted by Crippen LogP contribution is -2.26. The molecule has 21 heavy (non-hydrogen) atoms. The Bertz CT molecular complexity index is 496. The number of benzene rings is 1. The minimum absolute atomic E-state index is 0.0799. The number of carbonyl (C=O) groups excluding carboxylic acids is 1. The highest BCUT2D eigenvalue weighted by Gasteiger charge is 2.15. The summed E-state index contributed by atoms with van der Waals surface area (Å²) in [6, 6.07) is 6.83. The third-order valence-corrected chi connectivity index (χ3v) is 3.85. The molecule has 114 valence electrons. The first-order valence-corrected chi connectivity index (χ1v) is 7.45. The SMILES string of the molecule is O=C(CCC1CCNC1)NCCc1cccc(C(=O)O)c1. The molecule has 3 N–H and O–H groups in total. The fourth-order valence-electron chi connectivity index (χ4n) is 2.59. The zero-order valence-electron chi connectivity index (χ0n) is 12.1. The predicted octanol–water partition coefficient (Wildman–Crippen LogP) is 1.43. The lowest BCUT2D eigenvalue weighted by molar-refractivity contribution is -0.121. The fraction of sp³-hybridized carbons (Fsp3) is 0.500. The van der Waals surface area contributed by atoms with Gasteiger partial charge in [-0.3, -0.25) is 4.79 Å². The summed E-state index contributed by atoms with van der Waals surface area (Å²) >= 11 is 0. The first kappa shape index (κ1) is 15.5. The van der Waals surface area contributed by atoms with Crippen LogP contribution < -0.4 is 10.6 Å². The molecule has 2 rings (SSSR count). The standard InChI is InChI=1S/C16H22N2O3/c19-15(5-4-13-6-8-17-11-13)18-9-7-12-2-1-3-14(10-12)16(20)21/h1-3,10,13,17H,4-9,11H2,(H,18,19)(H,20,21). The van der Waals surface area contributed by atoms with Crippen LogP contribution in [0.5, 0.6) is 0 Å². The first-order chi connectivity index (χ1) is 10.1. The minimum atomic E-state index is -0.925. The fourth-order valence-corrected chi connectivity index (χ4v) is 2.59. The number of hydrogen-bond acceptors (Lipinski definition) is 3. The van der Waals surface area contributed by atoms with E-state index in [1.54, 1.807) is 18.2 Å². The summed E-state index contributed by atoms with van der Waals surface area (Å²) in [5.74, 6) is -0.217. The van der Waals surface area contributed by atoms with E-state index < -0.39 is 5.97 Å². The van der Waals surface area contributed by atoms with Gasteiger partial charge in [0, 0.05) is 13.0 Å². The van der Waals surface area contributed by atoms with E-state index in [1.807, 2.05) is 6.07 Å². The zero-order chi connectivity index (χ0) is 15.1. The van der Waals surface area contributed by atoms with Gasteiger partial charge in [-0.05, 0) is 56.0 Å². The van der Waals surface area contributed by atoms with Gasteiger partial charge in [-0.1, -0.05) is 12.1 Å². The molecule has 1 fully saturated rings. The molecule has 1 aliphatic rings. The highest BCUT2D eigenvalue weighted by molar-refractivity contribution is 5.87. The molecule has 5 nitrogen and oxygen atoms in total. The lowest BCUT2D eigenvalue weighted by atomic mass is 10.0. The second kappa shape index (κ2) is 7.78. The number of rotatable bonds is 7. The lowest BCUT2D eigenvalue weighted by Gasteiger charge is -2.09. The summed E-state index contributed by atoms with van der Waals surface area (Å²) in [4.78, 5) is 22.6. The van der Waals surface area contributed by atoms with Gasteiger partial charge in [-0.15, -0.1) is 0 Å². The predicted molar refractivity (Wildman–Crippen MR) is 80.3 cm³/mol. The number of carboxylic acids is 1. The van der Waals surface area contributed by atoms with Gasteiger partial charge in [-0.2, -0.15) is 0 Å². The molecule has 0 radical (unpaired) electrons. The second-order valence-corrected chi connectivity index (χ2v) is 5.50. The van der Waals surface area contributed by atoms with E-state index in [-0.39, 0.29) is 11.5 Å². The van der Waals surface area contributed by atoms with Gasteiger partial charge in [0.15, 0.2) is 0 Å².